The zero-order chi connectivity index (χ0) is 21.9. The van der Waals surface area contributed by atoms with E-state index in [1.54, 1.807) is 26.0 Å². The normalized spacial score (nSPS) is 9.97. The van der Waals surface area contributed by atoms with E-state index in [1.807, 2.05) is 0 Å². The number of esters is 3. The van der Waals surface area contributed by atoms with Crippen LogP contribution in [0.25, 0.3) is 6.08 Å². The fraction of sp³-hybridized carbons (Fsp3) is 0.190. The second-order valence-corrected chi connectivity index (χ2v) is 5.66. The van der Waals surface area contributed by atoms with Gasteiger partial charge in [-0.2, -0.15) is 5.90 Å². The number of rotatable bonds is 9. The molecule has 9 nitrogen and oxygen atoms in total. The van der Waals surface area contributed by atoms with Gasteiger partial charge in [0.05, 0.1) is 18.8 Å². The molecule has 0 heterocycles. The Hall–Kier alpha value is -3.69. The lowest BCUT2D eigenvalue weighted by atomic mass is 10.1. The molecule has 0 aliphatic rings. The Kier molecular flexibility index (Phi) is 8.55. The van der Waals surface area contributed by atoms with Gasteiger partial charge in [0.25, 0.3) is 0 Å². The van der Waals surface area contributed by atoms with Crippen molar-refractivity contribution in [1.29, 1.82) is 0 Å². The quantitative estimate of drug-likeness (QED) is 0.125. The highest BCUT2D eigenvalue weighted by Gasteiger charge is 2.21. The molecule has 0 saturated heterocycles. The third kappa shape index (κ3) is 6.43. The fourth-order valence-electron chi connectivity index (χ4n) is 2.29. The van der Waals surface area contributed by atoms with Crippen molar-refractivity contribution in [2.75, 3.05) is 13.2 Å². The third-order valence-electron chi connectivity index (χ3n) is 3.63. The van der Waals surface area contributed by atoms with Crippen LogP contribution in [0.4, 0.5) is 0 Å². The van der Waals surface area contributed by atoms with E-state index in [9.17, 15) is 14.4 Å². The Labute approximate surface area is 172 Å². The lowest BCUT2D eigenvalue weighted by molar-refractivity contribution is -0.211. The van der Waals surface area contributed by atoms with E-state index in [0.29, 0.717) is 17.1 Å². The molecule has 0 spiro atoms. The summed E-state index contributed by atoms with van der Waals surface area (Å²) in [6.07, 6.45) is 1.34. The number of ether oxygens (including phenoxy) is 3. The molecule has 2 aromatic carbocycles. The first-order chi connectivity index (χ1) is 14.5. The van der Waals surface area contributed by atoms with Crippen LogP contribution >= 0.6 is 0 Å². The summed E-state index contributed by atoms with van der Waals surface area (Å²) in [6, 6.07) is 12.2. The minimum atomic E-state index is -0.785. The molecule has 30 heavy (non-hydrogen) atoms. The molecule has 158 valence electrons. The molecule has 2 aromatic rings. The Bertz CT molecular complexity index is 884. The van der Waals surface area contributed by atoms with Crippen molar-refractivity contribution in [1.82, 2.24) is 0 Å². The van der Waals surface area contributed by atoms with E-state index in [1.165, 1.54) is 42.5 Å². The Morgan fingerprint density at radius 3 is 1.87 bits per heavy atom. The molecule has 0 fully saturated rings. The molecule has 0 amide bonds. The van der Waals surface area contributed by atoms with Gasteiger partial charge in [0, 0.05) is 0 Å². The summed E-state index contributed by atoms with van der Waals surface area (Å²) in [6.45, 7) is 3.50. The molecule has 0 aliphatic carbocycles. The van der Waals surface area contributed by atoms with Crippen LogP contribution in [-0.4, -0.2) is 31.1 Å². The largest absolute Gasteiger partial charge is 0.462 e. The lowest BCUT2D eigenvalue weighted by Crippen LogP contribution is -2.18. The van der Waals surface area contributed by atoms with Crippen LogP contribution in [0.2, 0.25) is 0 Å². The van der Waals surface area contributed by atoms with Crippen molar-refractivity contribution in [3.8, 4) is 11.5 Å². The van der Waals surface area contributed by atoms with Gasteiger partial charge in [-0.05, 0) is 61.9 Å². The molecule has 9 heteroatoms. The average molecular weight is 415 g/mol. The van der Waals surface area contributed by atoms with Gasteiger partial charge >= 0.3 is 17.9 Å². The van der Waals surface area contributed by atoms with Gasteiger partial charge in [-0.1, -0.05) is 17.1 Å². The molecule has 0 aromatic heterocycles. The second-order valence-electron chi connectivity index (χ2n) is 5.66. The maximum Gasteiger partial charge on any atom is 0.345 e. The van der Waals surface area contributed by atoms with Gasteiger partial charge in [-0.15, -0.1) is 0 Å². The SMILES string of the molecule is CCOC(=O)C(=Cc1ccc(C(=O)Oc2ccc(OON)cc2)cc1)C(=O)OCC. The van der Waals surface area contributed by atoms with E-state index < -0.39 is 17.9 Å². The van der Waals surface area contributed by atoms with Gasteiger partial charge in [-0.3, -0.25) is 0 Å². The summed E-state index contributed by atoms with van der Waals surface area (Å²) in [5, 5.41) is 0. The number of nitrogens with two attached hydrogens (primary N) is 1. The molecular formula is C21H21NO8. The summed E-state index contributed by atoms with van der Waals surface area (Å²) in [5.41, 5.74) is 0.537. The molecule has 2 rings (SSSR count). The summed E-state index contributed by atoms with van der Waals surface area (Å²) >= 11 is 0. The van der Waals surface area contributed by atoms with Crippen molar-refractivity contribution in [2.24, 2.45) is 5.90 Å². The first-order valence-electron chi connectivity index (χ1n) is 9.00. The van der Waals surface area contributed by atoms with Crippen LogP contribution in [0.15, 0.2) is 54.1 Å². The number of carbonyl (C=O) groups excluding carboxylic acids is 3. The van der Waals surface area contributed by atoms with Crippen LogP contribution in [0.5, 0.6) is 11.5 Å². The van der Waals surface area contributed by atoms with Crippen molar-refractivity contribution in [2.45, 2.75) is 13.8 Å². The number of benzene rings is 2. The van der Waals surface area contributed by atoms with Crippen molar-refractivity contribution in [3.05, 3.63) is 65.2 Å². The van der Waals surface area contributed by atoms with Gasteiger partial charge in [0.15, 0.2) is 5.75 Å². The molecule has 0 unspecified atom stereocenters. The predicted octanol–water partition coefficient (Wildman–Crippen LogP) is 2.60. The smallest absolute Gasteiger partial charge is 0.345 e. The van der Waals surface area contributed by atoms with Crippen molar-refractivity contribution < 1.29 is 38.5 Å². The number of hydrogen-bond donors (Lipinski definition) is 1. The highest BCUT2D eigenvalue weighted by molar-refractivity contribution is 6.17. The van der Waals surface area contributed by atoms with Crippen LogP contribution in [0.1, 0.15) is 29.8 Å². The van der Waals surface area contributed by atoms with Gasteiger partial charge in [-0.25, -0.2) is 14.4 Å². The van der Waals surface area contributed by atoms with Crippen LogP contribution in [-0.2, 0) is 24.1 Å². The average Bonchev–Trinajstić information content (AvgIpc) is 2.74. The highest BCUT2D eigenvalue weighted by atomic mass is 17.3. The minimum Gasteiger partial charge on any atom is -0.462 e. The molecule has 0 aliphatic heterocycles. The Morgan fingerprint density at radius 1 is 0.833 bits per heavy atom. The fourth-order valence-corrected chi connectivity index (χ4v) is 2.29. The maximum atomic E-state index is 12.3. The summed E-state index contributed by atoms with van der Waals surface area (Å²) in [7, 11) is 0. The van der Waals surface area contributed by atoms with E-state index in [4.69, 9.17) is 20.1 Å². The van der Waals surface area contributed by atoms with E-state index >= 15 is 0 Å². The predicted molar refractivity (Wildman–Crippen MR) is 105 cm³/mol. The molecule has 2 N–H and O–H groups in total. The lowest BCUT2D eigenvalue weighted by Gasteiger charge is -2.07. The molecular weight excluding hydrogens is 394 g/mol. The molecule has 0 bridgehead atoms. The Morgan fingerprint density at radius 2 is 1.37 bits per heavy atom. The van der Waals surface area contributed by atoms with E-state index in [0.717, 1.165) is 0 Å². The third-order valence-corrected chi connectivity index (χ3v) is 3.63. The monoisotopic (exact) mass is 415 g/mol. The standard InChI is InChI=1S/C21H21NO8/c1-3-26-20(24)18(21(25)27-4-2)13-14-5-7-15(8-6-14)19(23)28-16-9-11-17(12-10-16)29-30-22/h5-13H,3-4,22H2,1-2H3. The second kappa shape index (κ2) is 11.3. The Balaban J connectivity index is 2.13. The van der Waals surface area contributed by atoms with E-state index in [-0.39, 0.29) is 24.4 Å². The topological polar surface area (TPSA) is 123 Å². The summed E-state index contributed by atoms with van der Waals surface area (Å²) in [5.74, 6) is 3.27. The van der Waals surface area contributed by atoms with Crippen LogP contribution < -0.4 is 15.5 Å². The molecule has 0 radical (unpaired) electrons. The molecule has 0 saturated carbocycles. The van der Waals surface area contributed by atoms with Crippen LogP contribution in [0, 0.1) is 0 Å². The number of carbonyl (C=O) groups is 3. The summed E-state index contributed by atoms with van der Waals surface area (Å²) < 4.78 is 15.0. The first kappa shape index (κ1) is 22.6. The van der Waals surface area contributed by atoms with Crippen molar-refractivity contribution in [3.63, 3.8) is 0 Å². The van der Waals surface area contributed by atoms with Crippen LogP contribution in [0.3, 0.4) is 0 Å². The van der Waals surface area contributed by atoms with Gasteiger partial charge in [0.1, 0.15) is 11.3 Å². The van der Waals surface area contributed by atoms with Gasteiger partial charge in [0.2, 0.25) is 0 Å². The minimum absolute atomic E-state index is 0.118. The zero-order valence-electron chi connectivity index (χ0n) is 16.5. The first-order valence-corrected chi connectivity index (χ1v) is 9.00. The maximum absolute atomic E-state index is 12.3. The van der Waals surface area contributed by atoms with Crippen molar-refractivity contribution >= 4 is 24.0 Å². The van der Waals surface area contributed by atoms with E-state index in [2.05, 4.69) is 9.88 Å². The van der Waals surface area contributed by atoms with Gasteiger partial charge < -0.3 is 19.1 Å². The summed E-state index contributed by atoms with van der Waals surface area (Å²) in [4.78, 5) is 45.0. The zero-order valence-corrected chi connectivity index (χ0v) is 16.5. The molecule has 0 atom stereocenters. The highest BCUT2D eigenvalue weighted by Crippen LogP contribution is 2.19. The number of hydrogen-bond acceptors (Lipinski definition) is 9.